The molecule has 4 aliphatic heterocycles. The van der Waals surface area contributed by atoms with Gasteiger partial charge in [0.05, 0.1) is 17.3 Å². The summed E-state index contributed by atoms with van der Waals surface area (Å²) in [5.74, 6) is 1.09. The van der Waals surface area contributed by atoms with Gasteiger partial charge in [-0.3, -0.25) is 4.90 Å². The standard InChI is InChI=1S/C31H39ClN6O/c1-21(17-36-14-3-2-4-15-36)39-31-34-27-20-37(28-10-6-8-22-7-5-9-26(32)29(22)28)16-13-25(27)30(35-31)38-18-23-11-12-24(19-38)33-23/h5-10,21,23-24,33H,2-4,11-20H2,1H3. The molecule has 7 rings (SSSR count). The zero-order valence-electron chi connectivity index (χ0n) is 22.9. The number of hydrogen-bond donors (Lipinski definition) is 1. The van der Waals surface area contributed by atoms with Gasteiger partial charge >= 0.3 is 6.01 Å². The van der Waals surface area contributed by atoms with Gasteiger partial charge in [0.15, 0.2) is 0 Å². The first kappa shape index (κ1) is 25.4. The second kappa shape index (κ2) is 10.8. The summed E-state index contributed by atoms with van der Waals surface area (Å²) in [6.45, 7) is 9.06. The van der Waals surface area contributed by atoms with Crippen molar-refractivity contribution < 1.29 is 4.74 Å². The van der Waals surface area contributed by atoms with Crippen molar-refractivity contribution in [1.82, 2.24) is 20.2 Å². The van der Waals surface area contributed by atoms with E-state index in [1.165, 1.54) is 48.7 Å². The number of rotatable bonds is 6. The number of ether oxygens (including phenoxy) is 1. The molecule has 206 valence electrons. The molecule has 3 atom stereocenters. The molecule has 3 fully saturated rings. The van der Waals surface area contributed by atoms with Gasteiger partial charge in [-0.15, -0.1) is 0 Å². The Morgan fingerprint density at radius 2 is 1.74 bits per heavy atom. The number of anilines is 2. The maximum absolute atomic E-state index is 6.72. The number of halogens is 1. The third-order valence-corrected chi connectivity index (χ3v) is 9.30. The summed E-state index contributed by atoms with van der Waals surface area (Å²) in [6, 6.07) is 14.2. The number of benzene rings is 2. The highest BCUT2D eigenvalue weighted by Gasteiger charge is 2.35. The Balaban J connectivity index is 1.20. The molecule has 39 heavy (non-hydrogen) atoms. The second-order valence-corrected chi connectivity index (χ2v) is 12.3. The zero-order valence-corrected chi connectivity index (χ0v) is 23.7. The van der Waals surface area contributed by atoms with E-state index in [0.717, 1.165) is 74.2 Å². The molecule has 0 radical (unpaired) electrons. The molecule has 2 bridgehead atoms. The van der Waals surface area contributed by atoms with Gasteiger partial charge in [-0.2, -0.15) is 9.97 Å². The zero-order chi connectivity index (χ0) is 26.3. The minimum Gasteiger partial charge on any atom is -0.459 e. The summed E-state index contributed by atoms with van der Waals surface area (Å²) in [4.78, 5) is 17.6. The predicted octanol–water partition coefficient (Wildman–Crippen LogP) is 5.04. The molecule has 3 saturated heterocycles. The summed E-state index contributed by atoms with van der Waals surface area (Å²) >= 11 is 6.72. The van der Waals surface area contributed by atoms with Gasteiger partial charge in [-0.25, -0.2) is 0 Å². The van der Waals surface area contributed by atoms with E-state index in [1.54, 1.807) is 0 Å². The van der Waals surface area contributed by atoms with Crippen LogP contribution in [0.5, 0.6) is 6.01 Å². The van der Waals surface area contributed by atoms with E-state index >= 15 is 0 Å². The van der Waals surface area contributed by atoms with Crippen LogP contribution in [-0.4, -0.2) is 72.3 Å². The smallest absolute Gasteiger partial charge is 0.318 e. The normalized spacial score (nSPS) is 24.2. The number of nitrogens with one attached hydrogen (secondary N) is 1. The van der Waals surface area contributed by atoms with E-state index in [4.69, 9.17) is 26.3 Å². The number of nitrogens with zero attached hydrogens (tertiary/aromatic N) is 5. The first-order valence-corrected chi connectivity index (χ1v) is 15.2. The second-order valence-electron chi connectivity index (χ2n) is 11.9. The Morgan fingerprint density at radius 1 is 0.974 bits per heavy atom. The molecule has 0 spiro atoms. The van der Waals surface area contributed by atoms with Crippen molar-refractivity contribution in [2.75, 3.05) is 49.1 Å². The maximum atomic E-state index is 6.72. The van der Waals surface area contributed by atoms with Crippen LogP contribution in [0.15, 0.2) is 36.4 Å². The fraction of sp³-hybridized carbons (Fsp3) is 0.548. The SMILES string of the molecule is CC(CN1CCCCC1)Oc1nc2c(c(N3CC4CCC(C3)N4)n1)CCN(c1cccc3cccc(Cl)c13)C2. The molecule has 3 unspecified atom stereocenters. The first-order valence-electron chi connectivity index (χ1n) is 14.8. The van der Waals surface area contributed by atoms with Crippen molar-refractivity contribution in [3.05, 3.63) is 52.7 Å². The number of hydrogen-bond acceptors (Lipinski definition) is 7. The molecular formula is C31H39ClN6O. The highest BCUT2D eigenvalue weighted by molar-refractivity contribution is 6.36. The van der Waals surface area contributed by atoms with Crippen molar-refractivity contribution in [3.63, 3.8) is 0 Å². The lowest BCUT2D eigenvalue weighted by Crippen LogP contribution is -2.52. The Kier molecular flexibility index (Phi) is 6.99. The average Bonchev–Trinajstić information content (AvgIpc) is 3.29. The first-order chi connectivity index (χ1) is 19.1. The average molecular weight is 547 g/mol. The van der Waals surface area contributed by atoms with Crippen LogP contribution >= 0.6 is 11.6 Å². The minimum atomic E-state index is 0.0461. The Bertz CT molecular complexity index is 1330. The summed E-state index contributed by atoms with van der Waals surface area (Å²) in [6.07, 6.45) is 7.37. The molecule has 3 aromatic rings. The van der Waals surface area contributed by atoms with Crippen molar-refractivity contribution in [2.24, 2.45) is 0 Å². The predicted molar refractivity (Wildman–Crippen MR) is 158 cm³/mol. The van der Waals surface area contributed by atoms with E-state index in [1.807, 2.05) is 12.1 Å². The number of aromatic nitrogens is 2. The fourth-order valence-corrected chi connectivity index (χ4v) is 7.42. The van der Waals surface area contributed by atoms with E-state index in [-0.39, 0.29) is 6.10 Å². The van der Waals surface area contributed by atoms with Crippen LogP contribution in [0.4, 0.5) is 11.5 Å². The quantitative estimate of drug-likeness (QED) is 0.465. The van der Waals surface area contributed by atoms with Crippen LogP contribution in [-0.2, 0) is 13.0 Å². The van der Waals surface area contributed by atoms with Crippen LogP contribution in [0.25, 0.3) is 10.8 Å². The van der Waals surface area contributed by atoms with Crippen LogP contribution in [0.3, 0.4) is 0 Å². The van der Waals surface area contributed by atoms with Gasteiger partial charge in [0.25, 0.3) is 0 Å². The van der Waals surface area contributed by atoms with Crippen molar-refractivity contribution >= 4 is 33.9 Å². The maximum Gasteiger partial charge on any atom is 0.318 e. The van der Waals surface area contributed by atoms with Crippen LogP contribution < -0.4 is 19.9 Å². The van der Waals surface area contributed by atoms with E-state index in [2.05, 4.69) is 51.2 Å². The van der Waals surface area contributed by atoms with Gasteiger partial charge in [-0.1, -0.05) is 42.3 Å². The third kappa shape index (κ3) is 5.17. The summed E-state index contributed by atoms with van der Waals surface area (Å²) in [5.41, 5.74) is 3.54. The molecular weight excluding hydrogens is 508 g/mol. The number of likely N-dealkylation sites (tertiary alicyclic amines) is 1. The van der Waals surface area contributed by atoms with Crippen molar-refractivity contribution in [1.29, 1.82) is 0 Å². The van der Waals surface area contributed by atoms with Gasteiger partial charge < -0.3 is 19.9 Å². The number of piperidine rings is 1. The largest absolute Gasteiger partial charge is 0.459 e. The Hall–Kier alpha value is -2.61. The molecule has 0 amide bonds. The topological polar surface area (TPSA) is 56.8 Å². The van der Waals surface area contributed by atoms with Crippen LogP contribution in [0, 0.1) is 0 Å². The van der Waals surface area contributed by atoms with Crippen LogP contribution in [0.2, 0.25) is 5.02 Å². The minimum absolute atomic E-state index is 0.0461. The Morgan fingerprint density at radius 3 is 2.54 bits per heavy atom. The molecule has 0 aliphatic carbocycles. The molecule has 5 heterocycles. The number of piperazine rings is 1. The highest BCUT2D eigenvalue weighted by Crippen LogP contribution is 2.37. The summed E-state index contributed by atoms with van der Waals surface area (Å²) in [5, 5.41) is 6.85. The van der Waals surface area contributed by atoms with E-state index < -0.39 is 0 Å². The highest BCUT2D eigenvalue weighted by atomic mass is 35.5. The number of fused-ring (bicyclic) bond motifs is 4. The molecule has 7 nitrogen and oxygen atoms in total. The van der Waals surface area contributed by atoms with E-state index in [9.17, 15) is 0 Å². The lowest BCUT2D eigenvalue weighted by atomic mass is 10.0. The lowest BCUT2D eigenvalue weighted by molar-refractivity contribution is 0.122. The molecule has 4 aliphatic rings. The molecule has 1 aromatic heterocycles. The third-order valence-electron chi connectivity index (χ3n) is 8.98. The molecule has 2 aromatic carbocycles. The summed E-state index contributed by atoms with van der Waals surface area (Å²) in [7, 11) is 0. The van der Waals surface area contributed by atoms with Gasteiger partial charge in [0.1, 0.15) is 11.9 Å². The van der Waals surface area contributed by atoms with Crippen molar-refractivity contribution in [2.45, 2.75) is 70.2 Å². The molecule has 8 heteroatoms. The van der Waals surface area contributed by atoms with Crippen LogP contribution in [0.1, 0.15) is 50.3 Å². The van der Waals surface area contributed by atoms with Gasteiger partial charge in [-0.05, 0) is 69.6 Å². The van der Waals surface area contributed by atoms with Gasteiger partial charge in [0.2, 0.25) is 0 Å². The monoisotopic (exact) mass is 546 g/mol. The summed E-state index contributed by atoms with van der Waals surface area (Å²) < 4.78 is 6.47. The van der Waals surface area contributed by atoms with Crippen molar-refractivity contribution in [3.8, 4) is 6.01 Å². The molecule has 0 saturated carbocycles. The fourth-order valence-electron chi connectivity index (χ4n) is 7.14. The van der Waals surface area contributed by atoms with Gasteiger partial charge in [0, 0.05) is 54.9 Å². The lowest BCUT2D eigenvalue weighted by Gasteiger charge is -2.38. The Labute approximate surface area is 236 Å². The van der Waals surface area contributed by atoms with E-state index in [0.29, 0.717) is 18.1 Å². The molecule has 1 N–H and O–H groups in total.